The predicted molar refractivity (Wildman–Crippen MR) is 111 cm³/mol. The van der Waals surface area contributed by atoms with Crippen LogP contribution in [0.4, 0.5) is 4.79 Å². The molecule has 0 spiro atoms. The van der Waals surface area contributed by atoms with Crippen LogP contribution in [0.3, 0.4) is 0 Å². The molecule has 1 amide bonds. The fraction of sp³-hybridized carbons (Fsp3) is 0.318. The molecule has 0 radical (unpaired) electrons. The topological polar surface area (TPSA) is 90.9 Å². The number of hydrogen-bond donors (Lipinski definition) is 1. The molecule has 0 aliphatic heterocycles. The smallest absolute Gasteiger partial charge is 0.408 e. The summed E-state index contributed by atoms with van der Waals surface area (Å²) in [5, 5.41) is 2.55. The molecule has 1 N–H and O–H groups in total. The Morgan fingerprint density at radius 1 is 0.933 bits per heavy atom. The van der Waals surface area contributed by atoms with Crippen LogP contribution in [-0.2, 0) is 32.1 Å². The Kier molecular flexibility index (Phi) is 9.15. The molecule has 30 heavy (non-hydrogen) atoms. The molecule has 0 heterocycles. The number of nitrogens with one attached hydrogen (secondary N) is 1. The van der Waals surface area contributed by atoms with Crippen LogP contribution in [0.15, 0.2) is 54.6 Å². The van der Waals surface area contributed by atoms with Crippen molar-refractivity contribution in [1.82, 2.24) is 5.32 Å². The fourth-order valence-electron chi connectivity index (χ4n) is 2.52. The largest absolute Gasteiger partial charge is 0.449 e. The minimum atomic E-state index is -0.883. The Hall–Kier alpha value is -3.06. The van der Waals surface area contributed by atoms with Crippen molar-refractivity contribution in [1.29, 1.82) is 0 Å². The fourth-order valence-corrected chi connectivity index (χ4v) is 2.64. The molecule has 0 saturated carbocycles. The van der Waals surface area contributed by atoms with Gasteiger partial charge < -0.3 is 19.5 Å². The summed E-state index contributed by atoms with van der Waals surface area (Å²) in [6.45, 7) is 3.67. The van der Waals surface area contributed by atoms with Crippen molar-refractivity contribution in [3.63, 3.8) is 0 Å². The summed E-state index contributed by atoms with van der Waals surface area (Å²) >= 11 is 5.35. The number of amides is 1. The molecule has 2 aromatic carbocycles. The highest BCUT2D eigenvalue weighted by Crippen LogP contribution is 2.15. The average Bonchev–Trinajstić information content (AvgIpc) is 2.72. The Balaban J connectivity index is 1.90. The van der Waals surface area contributed by atoms with Gasteiger partial charge in [0.05, 0.1) is 6.42 Å². The third kappa shape index (κ3) is 7.75. The van der Waals surface area contributed by atoms with E-state index >= 15 is 0 Å². The van der Waals surface area contributed by atoms with Gasteiger partial charge in [0.2, 0.25) is 0 Å². The third-order valence-electron chi connectivity index (χ3n) is 4.11. The number of alkyl halides is 1. The Labute approximate surface area is 180 Å². The number of hydrogen-bond acceptors (Lipinski definition) is 6. The van der Waals surface area contributed by atoms with E-state index in [2.05, 4.69) is 10.1 Å². The van der Waals surface area contributed by atoms with Crippen LogP contribution < -0.4 is 10.1 Å². The molecule has 0 bridgehead atoms. The van der Waals surface area contributed by atoms with Crippen molar-refractivity contribution in [3.05, 3.63) is 65.7 Å². The number of carbonyl (C=O) groups is 3. The summed E-state index contributed by atoms with van der Waals surface area (Å²) in [5.74, 6) is -0.991. The standard InChI is InChI=1S/C22H24ClNO6/c1-15(2)20(24-22(27)28-13-17-6-4-3-5-7-17)21(26)30-18-10-8-16(9-11-18)12-19(25)29-14-23/h3-11,15,20H,12-14H2,1-2H3,(H,24,27)/t20-/m0/s1. The van der Waals surface area contributed by atoms with Crippen LogP contribution in [0.5, 0.6) is 5.75 Å². The van der Waals surface area contributed by atoms with E-state index in [0.717, 1.165) is 5.56 Å². The lowest BCUT2D eigenvalue weighted by Crippen LogP contribution is -2.46. The van der Waals surface area contributed by atoms with Gasteiger partial charge in [-0.3, -0.25) is 4.79 Å². The maximum Gasteiger partial charge on any atom is 0.408 e. The highest BCUT2D eigenvalue weighted by atomic mass is 35.5. The molecule has 0 saturated heterocycles. The molecule has 0 aromatic heterocycles. The normalized spacial score (nSPS) is 11.5. The second-order valence-electron chi connectivity index (χ2n) is 6.80. The van der Waals surface area contributed by atoms with Gasteiger partial charge in [0, 0.05) is 0 Å². The number of alkyl carbamates (subject to hydrolysis) is 1. The first-order valence-corrected chi connectivity index (χ1v) is 9.92. The maximum atomic E-state index is 12.5. The van der Waals surface area contributed by atoms with Gasteiger partial charge in [-0.25, -0.2) is 9.59 Å². The predicted octanol–water partition coefficient (Wildman–Crippen LogP) is 3.83. The van der Waals surface area contributed by atoms with Gasteiger partial charge >= 0.3 is 18.0 Å². The highest BCUT2D eigenvalue weighted by molar-refractivity contribution is 6.17. The molecule has 2 aromatic rings. The Morgan fingerprint density at radius 2 is 1.60 bits per heavy atom. The minimum absolute atomic E-state index is 0.0599. The summed E-state index contributed by atoms with van der Waals surface area (Å²) in [7, 11) is 0. The van der Waals surface area contributed by atoms with Crippen molar-refractivity contribution >= 4 is 29.6 Å². The van der Waals surface area contributed by atoms with Gasteiger partial charge in [-0.1, -0.05) is 67.9 Å². The van der Waals surface area contributed by atoms with Gasteiger partial charge in [-0.2, -0.15) is 0 Å². The van der Waals surface area contributed by atoms with E-state index in [4.69, 9.17) is 21.1 Å². The van der Waals surface area contributed by atoms with Gasteiger partial charge in [0.25, 0.3) is 0 Å². The minimum Gasteiger partial charge on any atom is -0.449 e. The summed E-state index contributed by atoms with van der Waals surface area (Å²) in [5.41, 5.74) is 1.53. The second kappa shape index (κ2) is 11.8. The van der Waals surface area contributed by atoms with E-state index in [9.17, 15) is 14.4 Å². The first kappa shape index (κ1) is 23.2. The van der Waals surface area contributed by atoms with Crippen molar-refractivity contribution in [2.75, 3.05) is 6.07 Å². The number of rotatable bonds is 9. The van der Waals surface area contributed by atoms with E-state index in [-0.39, 0.29) is 25.0 Å². The maximum absolute atomic E-state index is 12.5. The van der Waals surface area contributed by atoms with Crippen LogP contribution in [0.2, 0.25) is 0 Å². The lowest BCUT2D eigenvalue weighted by Gasteiger charge is -2.20. The zero-order chi connectivity index (χ0) is 21.9. The van der Waals surface area contributed by atoms with E-state index in [1.165, 1.54) is 0 Å². The van der Waals surface area contributed by atoms with Crippen LogP contribution in [0, 0.1) is 5.92 Å². The van der Waals surface area contributed by atoms with Crippen molar-refractivity contribution in [2.45, 2.75) is 32.9 Å². The summed E-state index contributed by atoms with van der Waals surface area (Å²) in [6.07, 6.45) is -0.646. The van der Waals surface area contributed by atoms with Crippen LogP contribution in [0.1, 0.15) is 25.0 Å². The number of halogens is 1. The van der Waals surface area contributed by atoms with Gasteiger partial charge in [-0.15, -0.1) is 0 Å². The second-order valence-corrected chi connectivity index (χ2v) is 7.01. The molecule has 0 aliphatic rings. The van der Waals surface area contributed by atoms with Gasteiger partial charge in [0.15, 0.2) is 6.07 Å². The molecule has 8 heteroatoms. The SMILES string of the molecule is CC(C)[C@H](NC(=O)OCc1ccccc1)C(=O)Oc1ccc(CC(=O)OCCl)cc1. The van der Waals surface area contributed by atoms with E-state index in [1.54, 1.807) is 38.1 Å². The molecular weight excluding hydrogens is 410 g/mol. The molecule has 0 unspecified atom stereocenters. The molecule has 2 rings (SSSR count). The van der Waals surface area contributed by atoms with Crippen LogP contribution in [-0.4, -0.2) is 30.1 Å². The monoisotopic (exact) mass is 433 g/mol. The van der Waals surface area contributed by atoms with E-state index in [1.807, 2.05) is 30.3 Å². The number of esters is 2. The lowest BCUT2D eigenvalue weighted by molar-refractivity contribution is -0.141. The summed E-state index contributed by atoms with van der Waals surface area (Å²) in [4.78, 5) is 36.1. The summed E-state index contributed by atoms with van der Waals surface area (Å²) < 4.78 is 15.2. The Bertz CT molecular complexity index is 838. The molecule has 0 fully saturated rings. The molecule has 1 atom stereocenters. The molecule has 7 nitrogen and oxygen atoms in total. The number of ether oxygens (including phenoxy) is 3. The van der Waals surface area contributed by atoms with Gasteiger partial charge in [0.1, 0.15) is 18.4 Å². The first-order chi connectivity index (χ1) is 14.4. The first-order valence-electron chi connectivity index (χ1n) is 9.38. The Morgan fingerprint density at radius 3 is 2.20 bits per heavy atom. The van der Waals surface area contributed by atoms with E-state index < -0.39 is 24.1 Å². The number of benzene rings is 2. The highest BCUT2D eigenvalue weighted by Gasteiger charge is 2.27. The number of carbonyl (C=O) groups excluding carboxylic acids is 3. The van der Waals surface area contributed by atoms with Crippen molar-refractivity contribution in [2.24, 2.45) is 5.92 Å². The van der Waals surface area contributed by atoms with Gasteiger partial charge in [-0.05, 0) is 29.2 Å². The molecule has 160 valence electrons. The van der Waals surface area contributed by atoms with Crippen molar-refractivity contribution < 1.29 is 28.6 Å². The quantitative estimate of drug-likeness (QED) is 0.367. The zero-order valence-electron chi connectivity index (χ0n) is 16.8. The van der Waals surface area contributed by atoms with Crippen LogP contribution in [0.25, 0.3) is 0 Å². The third-order valence-corrected chi connectivity index (χ3v) is 4.22. The van der Waals surface area contributed by atoms with Crippen molar-refractivity contribution in [3.8, 4) is 5.75 Å². The zero-order valence-corrected chi connectivity index (χ0v) is 17.6. The average molecular weight is 434 g/mol. The summed E-state index contributed by atoms with van der Waals surface area (Å²) in [6, 6.07) is 14.5. The molecular formula is C22H24ClNO6. The lowest BCUT2D eigenvalue weighted by atomic mass is 10.1. The molecule has 0 aliphatic carbocycles. The van der Waals surface area contributed by atoms with E-state index in [0.29, 0.717) is 11.3 Å². The van der Waals surface area contributed by atoms with Crippen LogP contribution >= 0.6 is 11.6 Å².